The van der Waals surface area contributed by atoms with E-state index in [1.807, 2.05) is 54.1 Å². The van der Waals surface area contributed by atoms with Crippen LogP contribution in [0, 0.1) is 12.8 Å². The average molecular weight is 441 g/mol. The van der Waals surface area contributed by atoms with Crippen LogP contribution in [0.15, 0.2) is 53.1 Å². The standard InChI is InChI=1S/C21H21BrN4O2/c1-14-18(5-6-19(24-14)16-3-2-4-17(22)11-16)21(27)25-20-7-9-23-26(20)12-15-8-10-28-13-15/h2-7,9,11,15H,8,10,12-13H2,1H3,(H,25,27)/t15-/m1/s1. The Bertz CT molecular complexity index is 996. The first-order valence-electron chi connectivity index (χ1n) is 9.24. The first-order chi connectivity index (χ1) is 13.6. The summed E-state index contributed by atoms with van der Waals surface area (Å²) in [6.45, 7) is 4.13. The van der Waals surface area contributed by atoms with Crippen molar-refractivity contribution in [1.82, 2.24) is 14.8 Å². The molecule has 1 aliphatic rings. The number of rotatable bonds is 5. The number of nitrogens with one attached hydrogen (secondary N) is 1. The largest absolute Gasteiger partial charge is 0.381 e. The van der Waals surface area contributed by atoms with Gasteiger partial charge in [-0.2, -0.15) is 5.10 Å². The summed E-state index contributed by atoms with van der Waals surface area (Å²) in [6.07, 6.45) is 2.72. The summed E-state index contributed by atoms with van der Waals surface area (Å²) >= 11 is 3.48. The van der Waals surface area contributed by atoms with E-state index >= 15 is 0 Å². The quantitative estimate of drug-likeness (QED) is 0.641. The van der Waals surface area contributed by atoms with Crippen molar-refractivity contribution in [1.29, 1.82) is 0 Å². The van der Waals surface area contributed by atoms with Crippen LogP contribution in [-0.2, 0) is 11.3 Å². The van der Waals surface area contributed by atoms with E-state index in [1.165, 1.54) is 0 Å². The number of hydrogen-bond acceptors (Lipinski definition) is 4. The molecule has 2 aromatic heterocycles. The van der Waals surface area contributed by atoms with Gasteiger partial charge in [-0.3, -0.25) is 9.78 Å². The highest BCUT2D eigenvalue weighted by Crippen LogP contribution is 2.23. The minimum absolute atomic E-state index is 0.185. The monoisotopic (exact) mass is 440 g/mol. The van der Waals surface area contributed by atoms with Crippen molar-refractivity contribution < 1.29 is 9.53 Å². The SMILES string of the molecule is Cc1nc(-c2cccc(Br)c2)ccc1C(=O)Nc1ccnn1C[C@H]1CCOC1. The van der Waals surface area contributed by atoms with Gasteiger partial charge >= 0.3 is 0 Å². The van der Waals surface area contributed by atoms with Gasteiger partial charge in [-0.1, -0.05) is 28.1 Å². The van der Waals surface area contributed by atoms with Crippen LogP contribution >= 0.6 is 15.9 Å². The number of benzene rings is 1. The molecule has 3 heterocycles. The Hall–Kier alpha value is -2.51. The highest BCUT2D eigenvalue weighted by Gasteiger charge is 2.19. The second kappa shape index (κ2) is 8.24. The molecule has 7 heteroatoms. The van der Waals surface area contributed by atoms with Crippen LogP contribution in [0.5, 0.6) is 0 Å². The molecule has 0 unspecified atom stereocenters. The van der Waals surface area contributed by atoms with Crippen molar-refractivity contribution >= 4 is 27.7 Å². The lowest BCUT2D eigenvalue weighted by Gasteiger charge is -2.13. The lowest BCUT2D eigenvalue weighted by molar-refractivity contribution is 0.102. The van der Waals surface area contributed by atoms with Gasteiger partial charge in [-0.05, 0) is 37.6 Å². The zero-order valence-corrected chi connectivity index (χ0v) is 17.1. The maximum atomic E-state index is 12.8. The number of hydrogen-bond donors (Lipinski definition) is 1. The molecule has 1 N–H and O–H groups in total. The van der Waals surface area contributed by atoms with Crippen molar-refractivity contribution in [2.45, 2.75) is 19.9 Å². The van der Waals surface area contributed by atoms with E-state index in [0.717, 1.165) is 41.9 Å². The number of anilines is 1. The van der Waals surface area contributed by atoms with Gasteiger partial charge in [-0.15, -0.1) is 0 Å². The first kappa shape index (κ1) is 18.8. The van der Waals surface area contributed by atoms with E-state index in [0.29, 0.717) is 23.0 Å². The summed E-state index contributed by atoms with van der Waals surface area (Å²) in [5.41, 5.74) is 3.07. The maximum Gasteiger partial charge on any atom is 0.258 e. The van der Waals surface area contributed by atoms with Gasteiger partial charge < -0.3 is 10.1 Å². The fourth-order valence-electron chi connectivity index (χ4n) is 3.35. The molecular weight excluding hydrogens is 420 g/mol. The van der Waals surface area contributed by atoms with Gasteiger partial charge in [0.2, 0.25) is 0 Å². The minimum Gasteiger partial charge on any atom is -0.381 e. The minimum atomic E-state index is -0.185. The van der Waals surface area contributed by atoms with Gasteiger partial charge in [0, 0.05) is 35.2 Å². The number of pyridine rings is 1. The molecule has 0 bridgehead atoms. The predicted molar refractivity (Wildman–Crippen MR) is 111 cm³/mol. The van der Waals surface area contributed by atoms with Gasteiger partial charge in [0.05, 0.1) is 29.8 Å². The average Bonchev–Trinajstić information content (AvgIpc) is 3.34. The van der Waals surface area contributed by atoms with Crippen LogP contribution in [0.1, 0.15) is 22.5 Å². The van der Waals surface area contributed by atoms with Crippen LogP contribution < -0.4 is 5.32 Å². The second-order valence-corrected chi connectivity index (χ2v) is 7.84. The number of aryl methyl sites for hydroxylation is 1. The molecule has 1 aliphatic heterocycles. The van der Waals surface area contributed by atoms with Gasteiger partial charge in [0.25, 0.3) is 5.91 Å². The summed E-state index contributed by atoms with van der Waals surface area (Å²) < 4.78 is 8.25. The Morgan fingerprint density at radius 1 is 1.32 bits per heavy atom. The maximum absolute atomic E-state index is 12.8. The van der Waals surface area contributed by atoms with E-state index in [-0.39, 0.29) is 5.91 Å². The number of carbonyl (C=O) groups is 1. The topological polar surface area (TPSA) is 69.0 Å². The van der Waals surface area contributed by atoms with Gasteiger partial charge in [-0.25, -0.2) is 4.68 Å². The van der Waals surface area contributed by atoms with Crippen LogP contribution in [0.3, 0.4) is 0 Å². The fourth-order valence-corrected chi connectivity index (χ4v) is 3.75. The second-order valence-electron chi connectivity index (χ2n) is 6.92. The molecule has 4 rings (SSSR count). The third-order valence-corrected chi connectivity index (χ3v) is 5.36. The zero-order chi connectivity index (χ0) is 19.5. The van der Waals surface area contributed by atoms with E-state index in [4.69, 9.17) is 4.74 Å². The number of halogens is 1. The molecule has 0 spiro atoms. The van der Waals surface area contributed by atoms with Crippen LogP contribution in [0.25, 0.3) is 11.3 Å². The highest BCUT2D eigenvalue weighted by atomic mass is 79.9. The van der Waals surface area contributed by atoms with Crippen molar-refractivity contribution in [3.05, 3.63) is 64.4 Å². The Morgan fingerprint density at radius 3 is 2.96 bits per heavy atom. The number of nitrogens with zero attached hydrogens (tertiary/aromatic N) is 3. The molecule has 1 saturated heterocycles. The normalized spacial score (nSPS) is 16.3. The summed E-state index contributed by atoms with van der Waals surface area (Å²) in [5, 5.41) is 7.30. The van der Waals surface area contributed by atoms with Crippen LogP contribution in [0.2, 0.25) is 0 Å². The number of carbonyl (C=O) groups excluding carboxylic acids is 1. The molecule has 0 radical (unpaired) electrons. The number of amides is 1. The Morgan fingerprint density at radius 2 is 2.21 bits per heavy atom. The molecule has 1 fully saturated rings. The van der Waals surface area contributed by atoms with Gasteiger partial charge in [0.15, 0.2) is 0 Å². The van der Waals surface area contributed by atoms with Crippen molar-refractivity contribution in [2.24, 2.45) is 5.92 Å². The van der Waals surface area contributed by atoms with Crippen LogP contribution in [0.4, 0.5) is 5.82 Å². The smallest absolute Gasteiger partial charge is 0.258 e. The van der Waals surface area contributed by atoms with E-state index < -0.39 is 0 Å². The van der Waals surface area contributed by atoms with Crippen molar-refractivity contribution in [3.63, 3.8) is 0 Å². The van der Waals surface area contributed by atoms with E-state index in [2.05, 4.69) is 31.3 Å². The lowest BCUT2D eigenvalue weighted by atomic mass is 10.1. The summed E-state index contributed by atoms with van der Waals surface area (Å²) in [6, 6.07) is 13.4. The fraction of sp³-hybridized carbons (Fsp3) is 0.286. The Balaban J connectivity index is 1.50. The van der Waals surface area contributed by atoms with Crippen molar-refractivity contribution in [2.75, 3.05) is 18.5 Å². The highest BCUT2D eigenvalue weighted by molar-refractivity contribution is 9.10. The number of aromatic nitrogens is 3. The lowest BCUT2D eigenvalue weighted by Crippen LogP contribution is -2.19. The summed E-state index contributed by atoms with van der Waals surface area (Å²) in [5.74, 6) is 0.936. The van der Waals surface area contributed by atoms with Crippen LogP contribution in [-0.4, -0.2) is 33.9 Å². The predicted octanol–water partition coefficient (Wildman–Crippen LogP) is 4.30. The molecule has 28 heavy (non-hydrogen) atoms. The Kier molecular flexibility index (Phi) is 5.54. The molecule has 144 valence electrons. The van der Waals surface area contributed by atoms with E-state index in [9.17, 15) is 4.79 Å². The van der Waals surface area contributed by atoms with E-state index in [1.54, 1.807) is 6.20 Å². The molecule has 1 aromatic carbocycles. The Labute approximate surface area is 172 Å². The first-order valence-corrected chi connectivity index (χ1v) is 10.0. The molecule has 0 saturated carbocycles. The molecular formula is C21H21BrN4O2. The third-order valence-electron chi connectivity index (χ3n) is 4.86. The zero-order valence-electron chi connectivity index (χ0n) is 15.6. The molecule has 1 atom stereocenters. The summed E-state index contributed by atoms with van der Waals surface area (Å²) in [7, 11) is 0. The molecule has 0 aliphatic carbocycles. The molecule has 3 aromatic rings. The van der Waals surface area contributed by atoms with Gasteiger partial charge in [0.1, 0.15) is 5.82 Å². The number of ether oxygens (including phenoxy) is 1. The molecule has 1 amide bonds. The third kappa shape index (κ3) is 4.15. The summed E-state index contributed by atoms with van der Waals surface area (Å²) in [4.78, 5) is 17.4. The molecule has 6 nitrogen and oxygen atoms in total. The van der Waals surface area contributed by atoms with Crippen molar-refractivity contribution in [3.8, 4) is 11.3 Å².